The van der Waals surface area contributed by atoms with Crippen LogP contribution in [0.1, 0.15) is 44.0 Å². The van der Waals surface area contributed by atoms with Crippen LogP contribution in [-0.2, 0) is 16.8 Å². The van der Waals surface area contributed by atoms with Crippen molar-refractivity contribution in [2.75, 3.05) is 22.1 Å². The molecule has 1 saturated heterocycles. The second-order valence-electron chi connectivity index (χ2n) is 11.3. The summed E-state index contributed by atoms with van der Waals surface area (Å²) in [5, 5.41) is 11.0. The number of anilines is 3. The van der Waals surface area contributed by atoms with E-state index in [1.165, 1.54) is 4.90 Å². The van der Waals surface area contributed by atoms with Gasteiger partial charge in [0.25, 0.3) is 0 Å². The molecule has 1 fully saturated rings. The van der Waals surface area contributed by atoms with E-state index in [0.717, 1.165) is 22.5 Å². The van der Waals surface area contributed by atoms with Gasteiger partial charge in [0.1, 0.15) is 5.82 Å². The average Bonchev–Trinajstić information content (AvgIpc) is 3.37. The van der Waals surface area contributed by atoms with Crippen LogP contribution in [0.4, 0.5) is 26.8 Å². The second-order valence-corrected chi connectivity index (χ2v) is 11.7. The molecular formula is C32H33ClN6O3. The average molecular weight is 585 g/mol. The first kappa shape index (κ1) is 28.9. The summed E-state index contributed by atoms with van der Waals surface area (Å²) in [6.07, 6.45) is 0.253. The van der Waals surface area contributed by atoms with E-state index in [1.807, 2.05) is 55.5 Å². The molecule has 0 bridgehead atoms. The molecule has 2 heterocycles. The summed E-state index contributed by atoms with van der Waals surface area (Å²) in [4.78, 5) is 41.8. The van der Waals surface area contributed by atoms with Crippen LogP contribution in [-0.4, -0.2) is 39.2 Å². The number of imide groups is 1. The number of halogens is 1. The number of urea groups is 2. The number of nitrogens with one attached hydrogen (secondary N) is 2. The smallest absolute Gasteiger partial charge is 0.319 e. The van der Waals surface area contributed by atoms with Crippen molar-refractivity contribution in [1.29, 1.82) is 0 Å². The summed E-state index contributed by atoms with van der Waals surface area (Å²) in [6, 6.07) is 23.0. The van der Waals surface area contributed by atoms with Gasteiger partial charge in [0.2, 0.25) is 5.91 Å². The molecule has 0 unspecified atom stereocenters. The normalized spacial score (nSPS) is 13.8. The van der Waals surface area contributed by atoms with Crippen LogP contribution >= 0.6 is 11.6 Å². The molecule has 4 aromatic rings. The Morgan fingerprint density at radius 1 is 0.952 bits per heavy atom. The Balaban J connectivity index is 1.26. The Morgan fingerprint density at radius 2 is 1.69 bits per heavy atom. The van der Waals surface area contributed by atoms with Crippen LogP contribution < -0.4 is 15.5 Å². The number of carbonyl (C=O) groups excluding carboxylic acids is 3. The lowest BCUT2D eigenvalue weighted by atomic mass is 9.92. The lowest BCUT2D eigenvalue weighted by Crippen LogP contribution is -2.52. The fourth-order valence-electron chi connectivity index (χ4n) is 4.72. The zero-order valence-electron chi connectivity index (χ0n) is 24.0. The predicted octanol–water partition coefficient (Wildman–Crippen LogP) is 7.13. The van der Waals surface area contributed by atoms with Gasteiger partial charge in [-0.05, 0) is 54.4 Å². The summed E-state index contributed by atoms with van der Waals surface area (Å²) in [6.45, 7) is 8.73. The van der Waals surface area contributed by atoms with Gasteiger partial charge in [-0.25, -0.2) is 19.2 Å². The second kappa shape index (κ2) is 11.7. The third kappa shape index (κ3) is 6.31. The Bertz CT molecular complexity index is 1640. The summed E-state index contributed by atoms with van der Waals surface area (Å²) in [5.74, 6) is 0.301. The number of aromatic nitrogens is 2. The van der Waals surface area contributed by atoms with Crippen molar-refractivity contribution in [3.63, 3.8) is 0 Å². The minimum Gasteiger partial charge on any atom is -0.319 e. The van der Waals surface area contributed by atoms with Gasteiger partial charge in [-0.1, -0.05) is 68.8 Å². The zero-order chi connectivity index (χ0) is 30.0. The molecule has 5 rings (SSSR count). The van der Waals surface area contributed by atoms with Crippen molar-refractivity contribution < 1.29 is 14.4 Å². The number of rotatable bonds is 6. The lowest BCUT2D eigenvalue weighted by molar-refractivity contribution is -0.119. The Labute approximate surface area is 250 Å². The molecule has 42 heavy (non-hydrogen) atoms. The van der Waals surface area contributed by atoms with E-state index >= 15 is 0 Å². The summed E-state index contributed by atoms with van der Waals surface area (Å²) >= 11 is 6.21. The molecule has 216 valence electrons. The highest BCUT2D eigenvalue weighted by molar-refractivity contribution is 6.30. The van der Waals surface area contributed by atoms with E-state index < -0.39 is 6.03 Å². The van der Waals surface area contributed by atoms with E-state index in [4.69, 9.17) is 16.7 Å². The van der Waals surface area contributed by atoms with E-state index in [-0.39, 0.29) is 23.8 Å². The van der Waals surface area contributed by atoms with Gasteiger partial charge >= 0.3 is 12.1 Å². The van der Waals surface area contributed by atoms with Crippen molar-refractivity contribution in [3.05, 3.63) is 101 Å². The molecule has 0 spiro atoms. The van der Waals surface area contributed by atoms with Crippen LogP contribution in [0.15, 0.2) is 78.9 Å². The number of aryl methyl sites for hydroxylation is 1. The molecule has 0 aliphatic carbocycles. The van der Waals surface area contributed by atoms with Crippen molar-refractivity contribution in [2.45, 2.75) is 46.1 Å². The van der Waals surface area contributed by atoms with Gasteiger partial charge in [0, 0.05) is 41.7 Å². The fraction of sp³-hybridized carbons (Fsp3) is 0.250. The number of hydrogen-bond donors (Lipinski definition) is 2. The molecule has 1 aromatic heterocycles. The standard InChI is InChI=1S/C32H33ClN6O3/c1-21-8-5-6-11-26(21)38-29(40)16-17-37(31(38)42)20-22-12-14-24(15-13-22)34-30(41)35-28-19-27(32(2,3)4)36-39(28)25-10-7-9-23(33)18-25/h5-15,18-19H,16-17,20H2,1-4H3,(H2,34,35,41). The van der Waals surface area contributed by atoms with Gasteiger partial charge < -0.3 is 10.2 Å². The van der Waals surface area contributed by atoms with Crippen molar-refractivity contribution in [1.82, 2.24) is 14.7 Å². The van der Waals surface area contributed by atoms with Gasteiger partial charge in [-0.2, -0.15) is 5.10 Å². The number of amides is 5. The molecule has 0 saturated carbocycles. The molecule has 0 atom stereocenters. The molecule has 5 amide bonds. The maximum atomic E-state index is 13.2. The first-order valence-corrected chi connectivity index (χ1v) is 14.1. The molecular weight excluding hydrogens is 552 g/mol. The first-order chi connectivity index (χ1) is 20.0. The first-order valence-electron chi connectivity index (χ1n) is 13.7. The monoisotopic (exact) mass is 584 g/mol. The van der Waals surface area contributed by atoms with E-state index in [2.05, 4.69) is 31.4 Å². The third-order valence-electron chi connectivity index (χ3n) is 7.02. The number of carbonyl (C=O) groups is 3. The molecule has 1 aliphatic heterocycles. The van der Waals surface area contributed by atoms with Crippen molar-refractivity contribution in [3.8, 4) is 5.69 Å². The topological polar surface area (TPSA) is 99.6 Å². The SMILES string of the molecule is Cc1ccccc1N1C(=O)CCN(Cc2ccc(NC(=O)Nc3cc(C(C)(C)C)nn3-c3cccc(Cl)c3)cc2)C1=O. The Hall–Kier alpha value is -4.63. The van der Waals surface area contributed by atoms with Crippen LogP contribution in [0.3, 0.4) is 0 Å². The van der Waals surface area contributed by atoms with E-state index in [1.54, 1.807) is 39.9 Å². The molecule has 10 heteroatoms. The summed E-state index contributed by atoms with van der Waals surface area (Å²) in [5.41, 5.74) is 4.25. The van der Waals surface area contributed by atoms with Crippen molar-refractivity contribution in [2.24, 2.45) is 0 Å². The van der Waals surface area contributed by atoms with E-state index in [9.17, 15) is 14.4 Å². The quantitative estimate of drug-likeness (QED) is 0.252. The van der Waals surface area contributed by atoms with Crippen LogP contribution in [0, 0.1) is 6.92 Å². The van der Waals surface area contributed by atoms with Crippen LogP contribution in [0.25, 0.3) is 5.69 Å². The number of nitrogens with zero attached hydrogens (tertiary/aromatic N) is 4. The summed E-state index contributed by atoms with van der Waals surface area (Å²) in [7, 11) is 0. The van der Waals surface area contributed by atoms with Crippen LogP contribution in [0.5, 0.6) is 0 Å². The minimum atomic E-state index is -0.426. The molecule has 3 aromatic carbocycles. The van der Waals surface area contributed by atoms with E-state index in [0.29, 0.717) is 35.3 Å². The van der Waals surface area contributed by atoms with Gasteiger partial charge in [0.15, 0.2) is 0 Å². The Morgan fingerprint density at radius 3 is 2.38 bits per heavy atom. The van der Waals surface area contributed by atoms with Crippen molar-refractivity contribution >= 4 is 46.8 Å². The molecule has 2 N–H and O–H groups in total. The highest BCUT2D eigenvalue weighted by atomic mass is 35.5. The lowest BCUT2D eigenvalue weighted by Gasteiger charge is -2.34. The predicted molar refractivity (Wildman–Crippen MR) is 165 cm³/mol. The van der Waals surface area contributed by atoms with Gasteiger partial charge in [-0.15, -0.1) is 0 Å². The molecule has 1 aliphatic rings. The van der Waals surface area contributed by atoms with Gasteiger partial charge in [-0.3, -0.25) is 10.1 Å². The van der Waals surface area contributed by atoms with Crippen LogP contribution in [0.2, 0.25) is 5.02 Å². The highest BCUT2D eigenvalue weighted by Gasteiger charge is 2.33. The number of benzene rings is 3. The Kier molecular flexibility index (Phi) is 8.04. The summed E-state index contributed by atoms with van der Waals surface area (Å²) < 4.78 is 1.66. The third-order valence-corrected chi connectivity index (χ3v) is 7.26. The maximum Gasteiger partial charge on any atom is 0.331 e. The molecule has 0 radical (unpaired) electrons. The zero-order valence-corrected chi connectivity index (χ0v) is 24.8. The molecule has 9 nitrogen and oxygen atoms in total. The minimum absolute atomic E-state index is 0.206. The number of hydrogen-bond acceptors (Lipinski definition) is 4. The maximum absolute atomic E-state index is 13.2. The number of para-hydroxylation sites is 1. The highest BCUT2D eigenvalue weighted by Crippen LogP contribution is 2.28. The largest absolute Gasteiger partial charge is 0.331 e. The van der Waals surface area contributed by atoms with Gasteiger partial charge in [0.05, 0.1) is 17.1 Å². The fourth-order valence-corrected chi connectivity index (χ4v) is 4.90.